The Hall–Kier alpha value is -2.63. The second-order valence-electron chi connectivity index (χ2n) is 9.77. The molecule has 2 aliphatic rings. The van der Waals surface area contributed by atoms with Crippen molar-refractivity contribution in [2.24, 2.45) is 11.7 Å². The first kappa shape index (κ1) is 34.9. The van der Waals surface area contributed by atoms with Crippen molar-refractivity contribution in [1.82, 2.24) is 14.9 Å². The van der Waals surface area contributed by atoms with Gasteiger partial charge in [-0.3, -0.25) is 13.9 Å². The Balaban J connectivity index is 1.78. The number of aliphatic hydroxyl groups excluding tert-OH is 6. The molecule has 3 heterocycles. The molecule has 43 heavy (non-hydrogen) atoms. The second-order valence-corrected chi connectivity index (χ2v) is 11.1. The summed E-state index contributed by atoms with van der Waals surface area (Å²) in [7, 11) is -5.52. The molecule has 244 valence electrons. The number of hydrogen-bond donors (Lipinski definition) is 11. The molecule has 1 aromatic heterocycles. The Morgan fingerprint density at radius 2 is 1.95 bits per heavy atom. The van der Waals surface area contributed by atoms with Crippen LogP contribution in [-0.4, -0.2) is 137 Å². The number of nitrogen functional groups attached to an aromatic ring is 1. The van der Waals surface area contributed by atoms with E-state index in [-0.39, 0.29) is 5.82 Å². The number of ether oxygens (including phenoxy) is 2. The van der Waals surface area contributed by atoms with Crippen molar-refractivity contribution in [3.63, 3.8) is 0 Å². The lowest BCUT2D eigenvalue weighted by atomic mass is 9.83. The van der Waals surface area contributed by atoms with Crippen molar-refractivity contribution in [1.29, 1.82) is 0 Å². The molecule has 2 aliphatic heterocycles. The average molecular weight is 643 g/mol. The lowest BCUT2D eigenvalue weighted by Gasteiger charge is -2.46. The Bertz CT molecular complexity index is 1250. The molecule has 22 heteroatoms. The molecule has 0 saturated carbocycles. The van der Waals surface area contributed by atoms with Gasteiger partial charge in [-0.25, -0.2) is 18.7 Å². The molecule has 3 rings (SSSR count). The third-order valence-corrected chi connectivity index (χ3v) is 7.81. The fraction of sp³-hybridized carbons (Fsp3) is 0.714. The van der Waals surface area contributed by atoms with E-state index in [0.717, 1.165) is 10.8 Å². The molecule has 0 spiro atoms. The van der Waals surface area contributed by atoms with Crippen molar-refractivity contribution in [2.45, 2.75) is 61.2 Å². The van der Waals surface area contributed by atoms with Crippen molar-refractivity contribution < 1.29 is 73.3 Å². The zero-order chi connectivity index (χ0) is 32.3. The summed E-state index contributed by atoms with van der Waals surface area (Å²) in [5, 5.41) is 73.4. The minimum atomic E-state index is -5.52. The average Bonchev–Trinajstić information content (AvgIpc) is 3.22. The van der Waals surface area contributed by atoms with E-state index in [9.17, 15) is 59.6 Å². The van der Waals surface area contributed by atoms with Crippen molar-refractivity contribution in [3.05, 3.63) is 22.7 Å². The van der Waals surface area contributed by atoms with Gasteiger partial charge >= 0.3 is 19.5 Å². The van der Waals surface area contributed by atoms with Gasteiger partial charge in [0.05, 0.1) is 32.0 Å². The third-order valence-electron chi connectivity index (χ3n) is 6.81. The first-order valence-corrected chi connectivity index (χ1v) is 14.1. The normalized spacial score (nSPS) is 33.8. The molecule has 1 amide bonds. The van der Waals surface area contributed by atoms with Gasteiger partial charge in [0.15, 0.2) is 6.23 Å². The molecular formula is C21H34N5O16P. The van der Waals surface area contributed by atoms with E-state index in [0.29, 0.717) is 0 Å². The summed E-state index contributed by atoms with van der Waals surface area (Å²) in [5.41, 5.74) is 9.69. The van der Waals surface area contributed by atoms with Crippen molar-refractivity contribution in [3.8, 4) is 0 Å². The molecule has 0 aliphatic carbocycles. The predicted molar refractivity (Wildman–Crippen MR) is 136 cm³/mol. The molecule has 13 N–H and O–H groups in total. The first-order valence-electron chi connectivity index (χ1n) is 12.6. The van der Waals surface area contributed by atoms with Crippen LogP contribution in [0.2, 0.25) is 0 Å². The number of rotatable bonds is 13. The second kappa shape index (κ2) is 14.0. The van der Waals surface area contributed by atoms with Crippen LogP contribution in [0.15, 0.2) is 17.1 Å². The number of phosphoric acid groups is 1. The van der Waals surface area contributed by atoms with Crippen LogP contribution in [0.25, 0.3) is 0 Å². The van der Waals surface area contributed by atoms with Gasteiger partial charge in [-0.1, -0.05) is 0 Å². The Labute approximate surface area is 241 Å². The molecular weight excluding hydrogens is 609 g/mol. The molecule has 2 saturated heterocycles. The van der Waals surface area contributed by atoms with Crippen molar-refractivity contribution >= 4 is 25.5 Å². The number of anilines is 1. The van der Waals surface area contributed by atoms with E-state index in [4.69, 9.17) is 30.0 Å². The van der Waals surface area contributed by atoms with Gasteiger partial charge in [-0.05, 0) is 6.07 Å². The Morgan fingerprint density at radius 3 is 2.53 bits per heavy atom. The van der Waals surface area contributed by atoms with Crippen LogP contribution in [0.1, 0.15) is 12.6 Å². The summed E-state index contributed by atoms with van der Waals surface area (Å²) in [4.78, 5) is 49.8. The molecule has 1 aromatic rings. The van der Waals surface area contributed by atoms with Crippen LogP contribution in [0.4, 0.5) is 5.82 Å². The largest absolute Gasteiger partial charge is 0.477 e. The predicted octanol–water partition coefficient (Wildman–Crippen LogP) is -6.09. The van der Waals surface area contributed by atoms with Gasteiger partial charge in [-0.2, -0.15) is 4.98 Å². The number of amides is 1. The number of hydrogen-bond acceptors (Lipinski definition) is 17. The number of carboxylic acid groups (broad SMARTS) is 1. The highest BCUT2D eigenvalue weighted by Crippen LogP contribution is 2.52. The highest BCUT2D eigenvalue weighted by atomic mass is 31.2. The molecule has 0 aromatic carbocycles. The Morgan fingerprint density at radius 1 is 1.28 bits per heavy atom. The number of nitrogens with zero attached hydrogens (tertiary/aromatic N) is 2. The van der Waals surface area contributed by atoms with Crippen molar-refractivity contribution in [2.75, 3.05) is 32.0 Å². The molecule has 3 unspecified atom stereocenters. The molecule has 21 nitrogen and oxygen atoms in total. The summed E-state index contributed by atoms with van der Waals surface area (Å²) < 4.78 is 34.0. The quantitative estimate of drug-likeness (QED) is 0.0890. The van der Waals surface area contributed by atoms with Gasteiger partial charge in [0.25, 0.3) is 5.79 Å². The van der Waals surface area contributed by atoms with Crippen LogP contribution in [0.3, 0.4) is 0 Å². The zero-order valence-electron chi connectivity index (χ0n) is 22.2. The topological polar surface area (TPSA) is 349 Å². The number of carbonyl (C=O) groups excluding carboxylic acids is 1. The first-order chi connectivity index (χ1) is 20.1. The number of carbonyl (C=O) groups is 2. The number of aliphatic hydroxyl groups is 6. The fourth-order valence-electron chi connectivity index (χ4n) is 4.54. The third kappa shape index (κ3) is 7.91. The van der Waals surface area contributed by atoms with E-state index in [2.05, 4.69) is 10.3 Å². The molecule has 2 fully saturated rings. The molecule has 0 bridgehead atoms. The minimum absolute atomic E-state index is 0.137. The van der Waals surface area contributed by atoms with E-state index in [1.807, 2.05) is 0 Å². The van der Waals surface area contributed by atoms with Crippen LogP contribution in [-0.2, 0) is 32.7 Å². The highest BCUT2D eigenvalue weighted by molar-refractivity contribution is 7.47. The van der Waals surface area contributed by atoms with E-state index >= 15 is 0 Å². The maximum absolute atomic E-state index is 12.9. The number of carboxylic acids is 1. The number of nitrogens with one attached hydrogen (secondary N) is 1. The zero-order valence-corrected chi connectivity index (χ0v) is 23.1. The number of nitrogens with two attached hydrogens (primary N) is 2. The van der Waals surface area contributed by atoms with Gasteiger partial charge in [0.1, 0.15) is 36.3 Å². The lowest BCUT2D eigenvalue weighted by molar-refractivity contribution is -0.297. The SMILES string of the molecule is NCC(=O)NC[C@@H]1C(O)C[C@@](OP(=O)(O)OC[C@H]2O[C@@H](n3ccc(N)nc3=O)[C@@H](O)[C@H]2O)(C(=O)O)OC1[C@H](O)[C@H](O)CO. The van der Waals surface area contributed by atoms with E-state index in [1.54, 1.807) is 0 Å². The maximum atomic E-state index is 12.9. The van der Waals surface area contributed by atoms with Crippen LogP contribution in [0, 0.1) is 5.92 Å². The smallest absolute Gasteiger partial charge is 0.475 e. The minimum Gasteiger partial charge on any atom is -0.477 e. The summed E-state index contributed by atoms with van der Waals surface area (Å²) >= 11 is 0. The number of aliphatic carboxylic acids is 1. The van der Waals surface area contributed by atoms with Gasteiger partial charge in [-0.15, -0.1) is 0 Å². The van der Waals surface area contributed by atoms with Crippen LogP contribution >= 0.6 is 7.82 Å². The van der Waals surface area contributed by atoms with E-state index < -0.39 is 119 Å². The Kier molecular flexibility index (Phi) is 11.3. The van der Waals surface area contributed by atoms with Gasteiger partial charge < -0.3 is 66.9 Å². The van der Waals surface area contributed by atoms with Crippen LogP contribution in [0.5, 0.6) is 0 Å². The molecule has 11 atom stereocenters. The summed E-state index contributed by atoms with van der Waals surface area (Å²) in [6.45, 7) is -2.99. The summed E-state index contributed by atoms with van der Waals surface area (Å²) in [6.07, 6.45) is -14.4. The van der Waals surface area contributed by atoms with Crippen LogP contribution < -0.4 is 22.5 Å². The maximum Gasteiger partial charge on any atom is 0.475 e. The summed E-state index contributed by atoms with van der Waals surface area (Å²) in [5.74, 6) is -7.45. The van der Waals surface area contributed by atoms with E-state index in [1.165, 1.54) is 6.07 Å². The lowest BCUT2D eigenvalue weighted by Crippen LogP contribution is -2.63. The fourth-order valence-corrected chi connectivity index (χ4v) is 5.50. The number of aromatic nitrogens is 2. The van der Waals surface area contributed by atoms with Gasteiger partial charge in [0.2, 0.25) is 5.91 Å². The monoisotopic (exact) mass is 643 g/mol. The van der Waals surface area contributed by atoms with Gasteiger partial charge in [0, 0.05) is 25.1 Å². The number of phosphoric ester groups is 1. The highest BCUT2D eigenvalue weighted by Gasteiger charge is 2.58. The standard InChI is InChI=1S/C21H34N5O16P/c22-4-13(30)24-5-8-9(28)3-21(19(34)35,41-17(8)14(31)10(29)6-27)42-43(37,38)39-7-11-15(32)16(33)18(40-11)26-2-1-12(23)25-20(26)36/h1-2,8-11,14-18,27-29,31-33H,3-7,22H2,(H,24,30)(H,34,35)(H,37,38)(H2,23,25,36)/t8-,9?,10-,11-,14-,15+,16+,17?,18-,21-/m1/s1. The summed E-state index contributed by atoms with van der Waals surface area (Å²) in [6, 6.07) is 1.20. The molecule has 0 radical (unpaired) electrons.